The molecule has 1 aliphatic carbocycles. The SMILES string of the molecule is CCCCCCOC(=O)C1CCCCCCC1C(=O)OCCCCCC. The van der Waals surface area contributed by atoms with Gasteiger partial charge in [-0.25, -0.2) is 0 Å². The van der Waals surface area contributed by atoms with Crippen molar-refractivity contribution in [2.45, 2.75) is 104 Å². The summed E-state index contributed by atoms with van der Waals surface area (Å²) in [5.41, 5.74) is 0. The third-order valence-electron chi connectivity index (χ3n) is 5.36. The summed E-state index contributed by atoms with van der Waals surface area (Å²) in [5, 5.41) is 0. The van der Waals surface area contributed by atoms with Gasteiger partial charge in [0.2, 0.25) is 0 Å². The molecule has 0 saturated heterocycles. The molecule has 0 amide bonds. The Morgan fingerprint density at radius 1 is 0.654 bits per heavy atom. The van der Waals surface area contributed by atoms with Crippen LogP contribution in [0.15, 0.2) is 0 Å². The Morgan fingerprint density at radius 3 is 1.46 bits per heavy atom. The predicted molar refractivity (Wildman–Crippen MR) is 105 cm³/mol. The predicted octanol–water partition coefficient (Wildman–Crippen LogP) is 5.82. The van der Waals surface area contributed by atoms with Gasteiger partial charge in [-0.2, -0.15) is 0 Å². The van der Waals surface area contributed by atoms with Crippen molar-refractivity contribution < 1.29 is 19.1 Å². The summed E-state index contributed by atoms with van der Waals surface area (Å²) < 4.78 is 11.0. The molecule has 2 unspecified atom stereocenters. The van der Waals surface area contributed by atoms with E-state index in [1.807, 2.05) is 0 Å². The van der Waals surface area contributed by atoms with E-state index in [4.69, 9.17) is 9.47 Å². The molecular weight excluding hydrogens is 328 g/mol. The van der Waals surface area contributed by atoms with Crippen LogP contribution in [-0.2, 0) is 19.1 Å². The molecule has 4 nitrogen and oxygen atoms in total. The number of unbranched alkanes of at least 4 members (excludes halogenated alkanes) is 6. The van der Waals surface area contributed by atoms with Gasteiger partial charge < -0.3 is 9.47 Å². The second kappa shape index (κ2) is 15.0. The summed E-state index contributed by atoms with van der Waals surface area (Å²) in [5.74, 6) is -0.998. The van der Waals surface area contributed by atoms with E-state index in [1.165, 1.54) is 25.7 Å². The van der Waals surface area contributed by atoms with Crippen LogP contribution in [0.25, 0.3) is 0 Å². The molecule has 0 aromatic heterocycles. The zero-order valence-electron chi connectivity index (χ0n) is 17.1. The number of carbonyl (C=O) groups excluding carboxylic acids is 2. The van der Waals surface area contributed by atoms with Gasteiger partial charge in [-0.1, -0.05) is 78.1 Å². The highest BCUT2D eigenvalue weighted by Crippen LogP contribution is 2.30. The minimum atomic E-state index is -0.315. The Labute approximate surface area is 160 Å². The Bertz CT molecular complexity index is 344. The molecule has 0 bridgehead atoms. The van der Waals surface area contributed by atoms with Crippen molar-refractivity contribution in [1.29, 1.82) is 0 Å². The monoisotopic (exact) mass is 368 g/mol. The number of carbonyl (C=O) groups is 2. The number of ether oxygens (including phenoxy) is 2. The van der Waals surface area contributed by atoms with E-state index < -0.39 is 0 Å². The van der Waals surface area contributed by atoms with Crippen molar-refractivity contribution >= 4 is 11.9 Å². The topological polar surface area (TPSA) is 52.6 Å². The van der Waals surface area contributed by atoms with E-state index >= 15 is 0 Å². The van der Waals surface area contributed by atoms with E-state index in [2.05, 4.69) is 13.8 Å². The maximum Gasteiger partial charge on any atom is 0.309 e. The lowest BCUT2D eigenvalue weighted by molar-refractivity contribution is -0.162. The van der Waals surface area contributed by atoms with E-state index in [-0.39, 0.29) is 23.8 Å². The first-order chi connectivity index (χ1) is 12.7. The molecule has 2 atom stereocenters. The quantitative estimate of drug-likeness (QED) is 0.322. The van der Waals surface area contributed by atoms with Crippen LogP contribution in [0.3, 0.4) is 0 Å². The van der Waals surface area contributed by atoms with Crippen LogP contribution in [0.1, 0.15) is 104 Å². The smallest absolute Gasteiger partial charge is 0.309 e. The summed E-state index contributed by atoms with van der Waals surface area (Å²) in [4.78, 5) is 25.2. The highest BCUT2D eigenvalue weighted by molar-refractivity contribution is 5.82. The van der Waals surface area contributed by atoms with Crippen molar-refractivity contribution in [3.05, 3.63) is 0 Å². The number of hydrogen-bond donors (Lipinski definition) is 0. The van der Waals surface area contributed by atoms with Gasteiger partial charge in [0.05, 0.1) is 25.0 Å². The van der Waals surface area contributed by atoms with Crippen LogP contribution in [-0.4, -0.2) is 25.2 Å². The lowest BCUT2D eigenvalue weighted by Crippen LogP contribution is -2.33. The van der Waals surface area contributed by atoms with Crippen LogP contribution < -0.4 is 0 Å². The summed E-state index contributed by atoms with van der Waals surface area (Å²) in [7, 11) is 0. The normalized spacial score (nSPS) is 20.8. The fourth-order valence-electron chi connectivity index (χ4n) is 3.67. The van der Waals surface area contributed by atoms with Gasteiger partial charge in [0, 0.05) is 0 Å². The minimum absolute atomic E-state index is 0.184. The fourth-order valence-corrected chi connectivity index (χ4v) is 3.67. The fraction of sp³-hybridized carbons (Fsp3) is 0.909. The molecule has 1 aliphatic rings. The van der Waals surface area contributed by atoms with Crippen LogP contribution in [0.2, 0.25) is 0 Å². The van der Waals surface area contributed by atoms with Crippen molar-refractivity contribution in [2.75, 3.05) is 13.2 Å². The highest BCUT2D eigenvalue weighted by Gasteiger charge is 2.36. The molecule has 4 heteroatoms. The Morgan fingerprint density at radius 2 is 1.08 bits per heavy atom. The first-order valence-corrected chi connectivity index (χ1v) is 11.0. The number of hydrogen-bond acceptors (Lipinski definition) is 4. The van der Waals surface area contributed by atoms with Gasteiger partial charge in [0.25, 0.3) is 0 Å². The maximum absolute atomic E-state index is 12.6. The maximum atomic E-state index is 12.6. The van der Waals surface area contributed by atoms with Gasteiger partial charge in [-0.15, -0.1) is 0 Å². The largest absolute Gasteiger partial charge is 0.465 e. The van der Waals surface area contributed by atoms with Gasteiger partial charge >= 0.3 is 11.9 Å². The molecular formula is C22H40O4. The standard InChI is InChI=1S/C22H40O4/c1-3-5-7-13-17-25-21(23)19-15-11-9-10-12-16-20(19)22(24)26-18-14-8-6-4-2/h19-20H,3-18H2,1-2H3. The molecule has 0 spiro atoms. The Balaban J connectivity index is 2.49. The zero-order valence-corrected chi connectivity index (χ0v) is 17.1. The van der Waals surface area contributed by atoms with Crippen molar-refractivity contribution in [3.63, 3.8) is 0 Å². The van der Waals surface area contributed by atoms with Crippen molar-refractivity contribution in [1.82, 2.24) is 0 Å². The van der Waals surface area contributed by atoms with Gasteiger partial charge in [0.1, 0.15) is 0 Å². The molecule has 0 aromatic carbocycles. The lowest BCUT2D eigenvalue weighted by Gasteiger charge is -2.26. The van der Waals surface area contributed by atoms with E-state index in [0.29, 0.717) is 13.2 Å². The van der Waals surface area contributed by atoms with E-state index in [1.54, 1.807) is 0 Å². The molecule has 0 heterocycles. The first kappa shape index (κ1) is 23.0. The second-order valence-corrected chi connectivity index (χ2v) is 7.66. The molecule has 0 aromatic rings. The molecule has 0 N–H and O–H groups in total. The van der Waals surface area contributed by atoms with Gasteiger partial charge in [-0.05, 0) is 25.7 Å². The third-order valence-corrected chi connectivity index (χ3v) is 5.36. The van der Waals surface area contributed by atoms with E-state index in [9.17, 15) is 9.59 Å². The average molecular weight is 369 g/mol. The third kappa shape index (κ3) is 9.59. The summed E-state index contributed by atoms with van der Waals surface area (Å²) in [6, 6.07) is 0. The summed E-state index contributed by atoms with van der Waals surface area (Å²) in [6.07, 6.45) is 14.5. The van der Waals surface area contributed by atoms with Gasteiger partial charge in [-0.3, -0.25) is 9.59 Å². The number of rotatable bonds is 12. The van der Waals surface area contributed by atoms with Crippen LogP contribution in [0.4, 0.5) is 0 Å². The first-order valence-electron chi connectivity index (χ1n) is 11.0. The van der Waals surface area contributed by atoms with Crippen LogP contribution in [0.5, 0.6) is 0 Å². The molecule has 0 radical (unpaired) electrons. The van der Waals surface area contributed by atoms with Crippen molar-refractivity contribution in [2.24, 2.45) is 11.8 Å². The second-order valence-electron chi connectivity index (χ2n) is 7.66. The average Bonchev–Trinajstić information content (AvgIpc) is 2.61. The number of esters is 2. The van der Waals surface area contributed by atoms with Crippen LogP contribution >= 0.6 is 0 Å². The van der Waals surface area contributed by atoms with Crippen LogP contribution in [0, 0.1) is 11.8 Å². The molecule has 1 fully saturated rings. The Kier molecular flexibility index (Phi) is 13.3. The molecule has 1 saturated carbocycles. The Hall–Kier alpha value is -1.06. The highest BCUT2D eigenvalue weighted by atomic mass is 16.5. The molecule has 26 heavy (non-hydrogen) atoms. The van der Waals surface area contributed by atoms with E-state index in [0.717, 1.165) is 64.2 Å². The summed E-state index contributed by atoms with van der Waals surface area (Å²) in [6.45, 7) is 5.29. The molecule has 1 rings (SSSR count). The minimum Gasteiger partial charge on any atom is -0.465 e. The zero-order chi connectivity index (χ0) is 19.0. The molecule has 0 aliphatic heterocycles. The van der Waals surface area contributed by atoms with Gasteiger partial charge in [0.15, 0.2) is 0 Å². The molecule has 152 valence electrons. The summed E-state index contributed by atoms with van der Waals surface area (Å²) >= 11 is 0. The lowest BCUT2D eigenvalue weighted by atomic mass is 9.81. The van der Waals surface area contributed by atoms with Crippen molar-refractivity contribution in [3.8, 4) is 0 Å².